The van der Waals surface area contributed by atoms with Gasteiger partial charge in [0.15, 0.2) is 5.96 Å². The fraction of sp³-hybridized carbons (Fsp3) is 0.655. The van der Waals surface area contributed by atoms with Crippen LogP contribution >= 0.6 is 0 Å². The highest BCUT2D eigenvalue weighted by atomic mass is 16.4. The molecule has 0 spiro atoms. The highest BCUT2D eigenvalue weighted by Gasteiger charge is 2.29. The molecule has 1 aromatic heterocycles. The summed E-state index contributed by atoms with van der Waals surface area (Å²) in [5, 5.41) is 22.1. The lowest BCUT2D eigenvalue weighted by Crippen LogP contribution is -2.56. The Kier molecular flexibility index (Phi) is 17.5. The van der Waals surface area contributed by atoms with Crippen LogP contribution in [0.1, 0.15) is 66.0 Å². The van der Waals surface area contributed by atoms with Crippen molar-refractivity contribution in [2.24, 2.45) is 34.0 Å². The highest BCUT2D eigenvalue weighted by Crippen LogP contribution is 2.08. The summed E-state index contributed by atoms with van der Waals surface area (Å²) in [7, 11) is 0. The number of carbonyl (C=O) groups excluding carboxylic acids is 5. The predicted octanol–water partition coefficient (Wildman–Crippen LogP) is -2.41. The molecule has 13 N–H and O–H groups in total. The molecule has 0 fully saturated rings. The number of guanidine groups is 1. The van der Waals surface area contributed by atoms with Gasteiger partial charge in [0.25, 0.3) is 0 Å². The van der Waals surface area contributed by atoms with Crippen molar-refractivity contribution in [2.45, 2.75) is 96.9 Å². The number of aliphatic carboxylic acids is 1. The Balaban J connectivity index is 2.76. The van der Waals surface area contributed by atoms with Crippen molar-refractivity contribution in [3.05, 3.63) is 18.2 Å². The van der Waals surface area contributed by atoms with E-state index < -0.39 is 72.3 Å². The zero-order valence-corrected chi connectivity index (χ0v) is 27.7. The van der Waals surface area contributed by atoms with Gasteiger partial charge >= 0.3 is 5.97 Å². The molecule has 1 rings (SSSR count). The molecule has 0 saturated heterocycles. The zero-order valence-electron chi connectivity index (χ0n) is 27.7. The molecule has 18 heteroatoms. The molecule has 0 aromatic carbocycles. The van der Waals surface area contributed by atoms with Gasteiger partial charge in [0, 0.05) is 24.9 Å². The second kappa shape index (κ2) is 20.4. The molecule has 0 aliphatic rings. The number of hydrogen-bond donors (Lipinski definition) is 10. The maximum Gasteiger partial charge on any atom is 0.326 e. The van der Waals surface area contributed by atoms with Gasteiger partial charge in [0.2, 0.25) is 29.5 Å². The lowest BCUT2D eigenvalue weighted by molar-refractivity contribution is -0.142. The average molecular weight is 666 g/mol. The summed E-state index contributed by atoms with van der Waals surface area (Å²) in [5.41, 5.74) is 17.2. The van der Waals surface area contributed by atoms with Crippen LogP contribution in [0.2, 0.25) is 0 Å². The fourth-order valence-corrected chi connectivity index (χ4v) is 4.38. The molecule has 264 valence electrons. The van der Waals surface area contributed by atoms with Crippen LogP contribution in [0.3, 0.4) is 0 Å². The van der Waals surface area contributed by atoms with Crippen LogP contribution in [0.25, 0.3) is 0 Å². The highest BCUT2D eigenvalue weighted by molar-refractivity contribution is 5.95. The Morgan fingerprint density at radius 3 is 1.98 bits per heavy atom. The number of carboxylic acid groups (broad SMARTS) is 1. The van der Waals surface area contributed by atoms with Gasteiger partial charge in [0.05, 0.1) is 18.9 Å². The quantitative estimate of drug-likeness (QED) is 0.0374. The molecule has 18 nitrogen and oxygen atoms in total. The van der Waals surface area contributed by atoms with E-state index in [-0.39, 0.29) is 50.0 Å². The zero-order chi connectivity index (χ0) is 35.7. The third kappa shape index (κ3) is 16.4. The van der Waals surface area contributed by atoms with Crippen molar-refractivity contribution in [3.8, 4) is 0 Å². The predicted molar refractivity (Wildman–Crippen MR) is 173 cm³/mol. The molecule has 1 aromatic rings. The molecule has 0 bridgehead atoms. The molecule has 0 aliphatic heterocycles. The normalized spacial score (nSPS) is 14.2. The second-order valence-corrected chi connectivity index (χ2v) is 12.1. The van der Waals surface area contributed by atoms with Gasteiger partial charge in [-0.15, -0.1) is 0 Å². The van der Waals surface area contributed by atoms with Gasteiger partial charge in [-0.3, -0.25) is 29.0 Å². The van der Waals surface area contributed by atoms with Crippen LogP contribution in [0.5, 0.6) is 0 Å². The van der Waals surface area contributed by atoms with Crippen LogP contribution in [-0.2, 0) is 35.2 Å². The van der Waals surface area contributed by atoms with E-state index in [1.54, 1.807) is 6.20 Å². The number of imidazole rings is 1. The van der Waals surface area contributed by atoms with E-state index in [0.29, 0.717) is 12.1 Å². The fourth-order valence-electron chi connectivity index (χ4n) is 4.38. The maximum absolute atomic E-state index is 13.1. The summed E-state index contributed by atoms with van der Waals surface area (Å²) in [6.45, 7) is 8.49. The van der Waals surface area contributed by atoms with Crippen LogP contribution in [0.15, 0.2) is 17.5 Å². The monoisotopic (exact) mass is 665 g/mol. The van der Waals surface area contributed by atoms with Gasteiger partial charge in [-0.25, -0.2) is 9.78 Å². The largest absolute Gasteiger partial charge is 0.480 e. The summed E-state index contributed by atoms with van der Waals surface area (Å²) in [5.74, 6) is -4.64. The standard InChI is InChI=1S/C29H51N11O7/c1-15(2)9-21(40-25(43)19(30)11-18-12-33-14-36-18)26(44)35-13-23(41)38-22(10-16(3)4)27(45)37-17(5)24(42)39-20(28(46)47)7-6-8-34-29(31)32/h12,14-17,19-22H,6-11,13,30H2,1-5H3,(H,33,36)(H,35,44)(H,37,45)(H,38,41)(H,39,42)(H,40,43)(H,46,47)(H4,31,32,34)/t17-,19-,20-,21-,22-/m0/s1. The third-order valence-corrected chi connectivity index (χ3v) is 6.77. The first-order valence-electron chi connectivity index (χ1n) is 15.5. The lowest BCUT2D eigenvalue weighted by Gasteiger charge is -2.24. The number of nitrogens with zero attached hydrogens (tertiary/aromatic N) is 2. The van der Waals surface area contributed by atoms with Gasteiger partial charge in [-0.2, -0.15) is 0 Å². The van der Waals surface area contributed by atoms with E-state index in [1.807, 2.05) is 27.7 Å². The van der Waals surface area contributed by atoms with E-state index >= 15 is 0 Å². The number of nitrogens with one attached hydrogen (secondary N) is 6. The second-order valence-electron chi connectivity index (χ2n) is 12.1. The number of aliphatic imine (C=N–C) groups is 1. The van der Waals surface area contributed by atoms with E-state index in [9.17, 15) is 33.9 Å². The van der Waals surface area contributed by atoms with E-state index in [2.05, 4.69) is 41.5 Å². The minimum atomic E-state index is -1.26. The number of aromatic nitrogens is 2. The molecule has 5 amide bonds. The van der Waals surface area contributed by atoms with Gasteiger partial charge in [-0.05, 0) is 44.4 Å². The summed E-state index contributed by atoms with van der Waals surface area (Å²) >= 11 is 0. The number of carbonyl (C=O) groups is 6. The van der Waals surface area contributed by atoms with Gasteiger partial charge < -0.3 is 53.9 Å². The Morgan fingerprint density at radius 2 is 1.45 bits per heavy atom. The Morgan fingerprint density at radius 1 is 0.851 bits per heavy atom. The van der Waals surface area contributed by atoms with Crippen molar-refractivity contribution in [2.75, 3.05) is 13.1 Å². The Bertz CT molecular complexity index is 1220. The number of H-pyrrole nitrogens is 1. The molecule has 0 saturated carbocycles. The van der Waals surface area contributed by atoms with E-state index in [0.717, 1.165) is 0 Å². The smallest absolute Gasteiger partial charge is 0.326 e. The number of amides is 5. The first kappa shape index (κ1) is 40.3. The number of rotatable bonds is 21. The summed E-state index contributed by atoms with van der Waals surface area (Å²) < 4.78 is 0. The first-order chi connectivity index (χ1) is 22.0. The molecule has 1 heterocycles. The molecule has 0 radical (unpaired) electrons. The summed E-state index contributed by atoms with van der Waals surface area (Å²) in [6.07, 6.45) is 4.03. The lowest BCUT2D eigenvalue weighted by atomic mass is 10.0. The van der Waals surface area contributed by atoms with E-state index in [4.69, 9.17) is 17.2 Å². The average Bonchev–Trinajstić information content (AvgIpc) is 3.48. The van der Waals surface area contributed by atoms with Crippen molar-refractivity contribution in [3.63, 3.8) is 0 Å². The molecular formula is C29H51N11O7. The minimum absolute atomic E-state index is 0.0254. The van der Waals surface area contributed by atoms with Gasteiger partial charge in [0.1, 0.15) is 24.2 Å². The number of hydrogen-bond acceptors (Lipinski definition) is 9. The van der Waals surface area contributed by atoms with Crippen molar-refractivity contribution in [1.82, 2.24) is 36.6 Å². The Hall–Kier alpha value is -4.74. The molecule has 0 unspecified atom stereocenters. The third-order valence-electron chi connectivity index (χ3n) is 6.77. The molecule has 0 aliphatic carbocycles. The number of aromatic amines is 1. The van der Waals surface area contributed by atoms with Crippen LogP contribution in [0, 0.1) is 11.8 Å². The SMILES string of the molecule is CC(C)C[C@H](NC(=O)CNC(=O)[C@H](CC(C)C)NC(=O)[C@@H](N)Cc1cnc[nH]1)C(=O)N[C@@H](C)C(=O)N[C@@H](CCCN=C(N)N)C(=O)O. The van der Waals surface area contributed by atoms with Crippen LogP contribution in [0.4, 0.5) is 0 Å². The summed E-state index contributed by atoms with van der Waals surface area (Å²) in [6, 6.07) is -5.32. The maximum atomic E-state index is 13.1. The first-order valence-corrected chi connectivity index (χ1v) is 15.5. The number of nitrogens with two attached hydrogens (primary N) is 3. The molecule has 5 atom stereocenters. The van der Waals surface area contributed by atoms with Crippen LogP contribution in [-0.4, -0.2) is 99.8 Å². The Labute approximate surface area is 274 Å². The van der Waals surface area contributed by atoms with Crippen molar-refractivity contribution >= 4 is 41.5 Å². The van der Waals surface area contributed by atoms with E-state index in [1.165, 1.54) is 13.3 Å². The van der Waals surface area contributed by atoms with Crippen LogP contribution < -0.4 is 43.8 Å². The van der Waals surface area contributed by atoms with Crippen molar-refractivity contribution < 1.29 is 33.9 Å². The molecular weight excluding hydrogens is 614 g/mol. The van der Waals surface area contributed by atoms with Crippen molar-refractivity contribution in [1.29, 1.82) is 0 Å². The molecule has 47 heavy (non-hydrogen) atoms. The minimum Gasteiger partial charge on any atom is -0.480 e. The number of carboxylic acids is 1. The topological polar surface area (TPSA) is 302 Å². The van der Waals surface area contributed by atoms with Gasteiger partial charge in [-0.1, -0.05) is 27.7 Å². The summed E-state index contributed by atoms with van der Waals surface area (Å²) in [4.78, 5) is 86.4.